The number of Topliss-reactive ketones (excluding diaryl/α,β-unsaturated/α-hetero) is 1. The van der Waals surface area contributed by atoms with Gasteiger partial charge in [-0.1, -0.05) is 12.8 Å². The van der Waals surface area contributed by atoms with Crippen molar-refractivity contribution < 1.29 is 13.2 Å². The second kappa shape index (κ2) is 5.93. The second-order valence-electron chi connectivity index (χ2n) is 7.21. The summed E-state index contributed by atoms with van der Waals surface area (Å²) in [6.07, 6.45) is 8.77. The SMILES string of the molecule is CC(=O)c1ccc(S(C)(=O)=O)c(N2CCC3(CCCC3)CC2)c1. The van der Waals surface area contributed by atoms with Gasteiger partial charge in [-0.2, -0.15) is 0 Å². The minimum Gasteiger partial charge on any atom is -0.370 e. The van der Waals surface area contributed by atoms with Crippen molar-refractivity contribution in [3.8, 4) is 0 Å². The molecule has 4 nitrogen and oxygen atoms in total. The maximum atomic E-state index is 12.1. The molecule has 0 bridgehead atoms. The van der Waals surface area contributed by atoms with Gasteiger partial charge in [0.05, 0.1) is 10.6 Å². The molecule has 0 unspecified atom stereocenters. The van der Waals surface area contributed by atoms with E-state index < -0.39 is 9.84 Å². The van der Waals surface area contributed by atoms with Crippen molar-refractivity contribution in [2.24, 2.45) is 5.41 Å². The quantitative estimate of drug-likeness (QED) is 0.794. The smallest absolute Gasteiger partial charge is 0.177 e. The summed E-state index contributed by atoms with van der Waals surface area (Å²) in [4.78, 5) is 14.2. The number of benzene rings is 1. The standard InChI is InChI=1S/C18H25NO3S/c1-14(20)15-5-6-17(23(2,21)22)16(13-15)19-11-9-18(10-12-19)7-3-4-8-18/h5-6,13H,3-4,7-12H2,1-2H3. The van der Waals surface area contributed by atoms with E-state index >= 15 is 0 Å². The molecular weight excluding hydrogens is 310 g/mol. The molecule has 0 amide bonds. The van der Waals surface area contributed by atoms with Crippen molar-refractivity contribution in [1.82, 2.24) is 0 Å². The van der Waals surface area contributed by atoms with Crippen molar-refractivity contribution in [3.05, 3.63) is 23.8 Å². The minimum absolute atomic E-state index is 0.0319. The number of hydrogen-bond acceptors (Lipinski definition) is 4. The molecule has 126 valence electrons. The van der Waals surface area contributed by atoms with E-state index in [0.717, 1.165) is 25.9 Å². The second-order valence-corrected chi connectivity index (χ2v) is 9.19. The minimum atomic E-state index is -3.31. The van der Waals surface area contributed by atoms with Crippen LogP contribution in [0.3, 0.4) is 0 Å². The van der Waals surface area contributed by atoms with Gasteiger partial charge in [-0.15, -0.1) is 0 Å². The molecule has 0 N–H and O–H groups in total. The topological polar surface area (TPSA) is 54.5 Å². The molecule has 0 atom stereocenters. The monoisotopic (exact) mass is 335 g/mol. The maximum Gasteiger partial charge on any atom is 0.177 e. The Bertz CT molecular complexity index is 708. The van der Waals surface area contributed by atoms with Gasteiger partial charge in [0.15, 0.2) is 15.6 Å². The van der Waals surface area contributed by atoms with Crippen LogP contribution in [0.25, 0.3) is 0 Å². The molecule has 1 aliphatic heterocycles. The van der Waals surface area contributed by atoms with Crippen molar-refractivity contribution >= 4 is 21.3 Å². The lowest BCUT2D eigenvalue weighted by Crippen LogP contribution is -2.39. The van der Waals surface area contributed by atoms with Gasteiger partial charge in [0, 0.05) is 24.9 Å². The lowest BCUT2D eigenvalue weighted by atomic mass is 9.77. The highest BCUT2D eigenvalue weighted by molar-refractivity contribution is 7.90. The average Bonchev–Trinajstić information content (AvgIpc) is 2.95. The van der Waals surface area contributed by atoms with Crippen LogP contribution in [0.5, 0.6) is 0 Å². The van der Waals surface area contributed by atoms with Crippen LogP contribution >= 0.6 is 0 Å². The molecule has 0 aromatic heterocycles. The molecule has 1 saturated carbocycles. The summed E-state index contributed by atoms with van der Waals surface area (Å²) in [6, 6.07) is 4.96. The zero-order valence-corrected chi connectivity index (χ0v) is 14.8. The normalized spacial score (nSPS) is 20.9. The first-order chi connectivity index (χ1) is 10.8. The summed E-state index contributed by atoms with van der Waals surface area (Å²) in [5, 5.41) is 0. The van der Waals surface area contributed by atoms with Crippen LogP contribution in [-0.4, -0.2) is 33.5 Å². The van der Waals surface area contributed by atoms with E-state index in [1.54, 1.807) is 18.2 Å². The van der Waals surface area contributed by atoms with Gasteiger partial charge in [0.2, 0.25) is 0 Å². The first-order valence-electron chi connectivity index (χ1n) is 8.41. The van der Waals surface area contributed by atoms with Crippen LogP contribution in [-0.2, 0) is 9.84 Å². The molecule has 2 aliphatic rings. The molecule has 1 spiro atoms. The average molecular weight is 335 g/mol. The third-order valence-corrected chi connectivity index (χ3v) is 6.74. The van der Waals surface area contributed by atoms with Crippen molar-refractivity contribution in [2.45, 2.75) is 50.3 Å². The molecule has 1 aromatic rings. The molecule has 3 rings (SSSR count). The van der Waals surface area contributed by atoms with Crippen LogP contribution in [0.15, 0.2) is 23.1 Å². The van der Waals surface area contributed by atoms with Crippen LogP contribution in [0.4, 0.5) is 5.69 Å². The Labute approximate surface area is 138 Å². The number of nitrogens with zero attached hydrogens (tertiary/aromatic N) is 1. The van der Waals surface area contributed by atoms with Crippen molar-refractivity contribution in [3.63, 3.8) is 0 Å². The van der Waals surface area contributed by atoms with E-state index in [0.29, 0.717) is 21.6 Å². The summed E-state index contributed by atoms with van der Waals surface area (Å²) in [5.41, 5.74) is 1.77. The molecule has 2 fully saturated rings. The molecule has 1 heterocycles. The van der Waals surface area contributed by atoms with Gasteiger partial charge in [-0.25, -0.2) is 8.42 Å². The van der Waals surface area contributed by atoms with Gasteiger partial charge in [0.25, 0.3) is 0 Å². The predicted molar refractivity (Wildman–Crippen MR) is 91.9 cm³/mol. The molecule has 5 heteroatoms. The van der Waals surface area contributed by atoms with E-state index in [4.69, 9.17) is 0 Å². The van der Waals surface area contributed by atoms with Gasteiger partial charge >= 0.3 is 0 Å². The van der Waals surface area contributed by atoms with Crippen molar-refractivity contribution in [1.29, 1.82) is 0 Å². The number of rotatable bonds is 3. The lowest BCUT2D eigenvalue weighted by molar-refractivity contribution is 0.101. The summed E-state index contributed by atoms with van der Waals surface area (Å²) < 4.78 is 24.2. The Hall–Kier alpha value is -1.36. The summed E-state index contributed by atoms with van der Waals surface area (Å²) >= 11 is 0. The highest BCUT2D eigenvalue weighted by Gasteiger charge is 2.37. The highest BCUT2D eigenvalue weighted by Crippen LogP contribution is 2.47. The van der Waals surface area contributed by atoms with Crippen LogP contribution in [0.1, 0.15) is 55.8 Å². The van der Waals surface area contributed by atoms with Crippen LogP contribution in [0, 0.1) is 5.41 Å². The zero-order chi connectivity index (χ0) is 16.7. The fourth-order valence-corrected chi connectivity index (χ4v) is 5.03. The third-order valence-electron chi connectivity index (χ3n) is 5.59. The maximum absolute atomic E-state index is 12.1. The van der Waals surface area contributed by atoms with E-state index in [-0.39, 0.29) is 5.78 Å². The highest BCUT2D eigenvalue weighted by atomic mass is 32.2. The number of sulfone groups is 1. The fraction of sp³-hybridized carbons (Fsp3) is 0.611. The van der Waals surface area contributed by atoms with E-state index in [2.05, 4.69) is 4.90 Å². The summed E-state index contributed by atoms with van der Waals surface area (Å²) in [6.45, 7) is 3.27. The molecular formula is C18H25NO3S. The van der Waals surface area contributed by atoms with Gasteiger partial charge in [-0.05, 0) is 56.2 Å². The van der Waals surface area contributed by atoms with Crippen molar-refractivity contribution in [2.75, 3.05) is 24.2 Å². The number of hydrogen-bond donors (Lipinski definition) is 0. The third kappa shape index (κ3) is 3.30. The Morgan fingerprint density at radius 2 is 1.70 bits per heavy atom. The summed E-state index contributed by atoms with van der Waals surface area (Å²) in [5.74, 6) is -0.0319. The van der Waals surface area contributed by atoms with E-state index in [1.807, 2.05) is 0 Å². The molecule has 1 saturated heterocycles. The number of piperidine rings is 1. The van der Waals surface area contributed by atoms with Gasteiger partial charge in [-0.3, -0.25) is 4.79 Å². The Morgan fingerprint density at radius 3 is 2.22 bits per heavy atom. The predicted octanol–water partition coefficient (Wildman–Crippen LogP) is 3.45. The number of anilines is 1. The Balaban J connectivity index is 1.92. The molecule has 0 radical (unpaired) electrons. The molecule has 23 heavy (non-hydrogen) atoms. The fourth-order valence-electron chi connectivity index (χ4n) is 4.14. The van der Waals surface area contributed by atoms with E-state index in [1.165, 1.54) is 38.9 Å². The van der Waals surface area contributed by atoms with Crippen LogP contribution in [0.2, 0.25) is 0 Å². The Kier molecular flexibility index (Phi) is 4.25. The first kappa shape index (κ1) is 16.5. The zero-order valence-electron chi connectivity index (χ0n) is 14.0. The molecule has 1 aromatic carbocycles. The molecule has 1 aliphatic carbocycles. The number of ketones is 1. The number of carbonyl (C=O) groups is 1. The van der Waals surface area contributed by atoms with Gasteiger partial charge < -0.3 is 4.90 Å². The largest absolute Gasteiger partial charge is 0.370 e. The summed E-state index contributed by atoms with van der Waals surface area (Å²) in [7, 11) is -3.31. The lowest BCUT2D eigenvalue weighted by Gasteiger charge is -2.41. The van der Waals surface area contributed by atoms with E-state index in [9.17, 15) is 13.2 Å². The first-order valence-corrected chi connectivity index (χ1v) is 10.3. The number of carbonyl (C=O) groups excluding carboxylic acids is 1. The Morgan fingerprint density at radius 1 is 1.09 bits per heavy atom. The van der Waals surface area contributed by atoms with Gasteiger partial charge in [0.1, 0.15) is 0 Å². The van der Waals surface area contributed by atoms with Crippen LogP contribution < -0.4 is 4.90 Å².